The fraction of sp³-hybridized carbons (Fsp3) is 0.562. The van der Waals surface area contributed by atoms with Gasteiger partial charge in [0.1, 0.15) is 0 Å². The van der Waals surface area contributed by atoms with Crippen LogP contribution in [0.4, 0.5) is 4.79 Å². The van der Waals surface area contributed by atoms with Crippen molar-refractivity contribution in [2.24, 2.45) is 0 Å². The standard InChI is InChI=1S/C16H23ClN2O2/c1-18(2)9-3-4-12-5-8-15(17)13(10-12)11-19(16(20)21)14-6-7-14/h5,8,10,14H,3-4,6-7,9,11H2,1-2H3,(H,20,21). The Morgan fingerprint density at radius 2 is 2.10 bits per heavy atom. The zero-order valence-electron chi connectivity index (χ0n) is 12.7. The van der Waals surface area contributed by atoms with Crippen LogP contribution in [0.3, 0.4) is 0 Å². The highest BCUT2D eigenvalue weighted by molar-refractivity contribution is 6.31. The van der Waals surface area contributed by atoms with Crippen molar-refractivity contribution in [2.45, 2.75) is 38.3 Å². The van der Waals surface area contributed by atoms with Crippen molar-refractivity contribution in [3.05, 3.63) is 34.3 Å². The Morgan fingerprint density at radius 3 is 2.67 bits per heavy atom. The van der Waals surface area contributed by atoms with Crippen molar-refractivity contribution in [2.75, 3.05) is 20.6 Å². The van der Waals surface area contributed by atoms with Gasteiger partial charge in [-0.1, -0.05) is 23.7 Å². The summed E-state index contributed by atoms with van der Waals surface area (Å²) >= 11 is 6.23. The average Bonchev–Trinajstić information content (AvgIpc) is 3.22. The first kappa shape index (κ1) is 16.1. The second kappa shape index (κ2) is 7.14. The molecule has 0 spiro atoms. The highest BCUT2D eigenvalue weighted by Gasteiger charge is 2.32. The van der Waals surface area contributed by atoms with Crippen molar-refractivity contribution in [1.82, 2.24) is 9.80 Å². The van der Waals surface area contributed by atoms with Crippen molar-refractivity contribution in [3.8, 4) is 0 Å². The van der Waals surface area contributed by atoms with E-state index < -0.39 is 6.09 Å². The highest BCUT2D eigenvalue weighted by atomic mass is 35.5. The molecule has 116 valence electrons. The molecule has 1 aliphatic rings. The predicted molar refractivity (Wildman–Crippen MR) is 84.9 cm³/mol. The molecule has 2 rings (SSSR count). The average molecular weight is 311 g/mol. The molecule has 1 aliphatic carbocycles. The Hall–Kier alpha value is -1.26. The van der Waals surface area contributed by atoms with Crippen LogP contribution in [-0.4, -0.2) is 47.7 Å². The van der Waals surface area contributed by atoms with Crippen LogP contribution in [0.25, 0.3) is 0 Å². The quantitative estimate of drug-likeness (QED) is 0.838. The summed E-state index contributed by atoms with van der Waals surface area (Å²) in [4.78, 5) is 15.0. The molecule has 4 nitrogen and oxygen atoms in total. The predicted octanol–water partition coefficient (Wildman–Crippen LogP) is 3.48. The summed E-state index contributed by atoms with van der Waals surface area (Å²) in [6.45, 7) is 1.43. The normalized spacial score (nSPS) is 14.5. The number of amides is 1. The molecule has 0 aliphatic heterocycles. The third-order valence-corrected chi connectivity index (χ3v) is 4.12. The maximum Gasteiger partial charge on any atom is 0.407 e. The van der Waals surface area contributed by atoms with Gasteiger partial charge in [-0.15, -0.1) is 0 Å². The summed E-state index contributed by atoms with van der Waals surface area (Å²) in [7, 11) is 4.13. The third-order valence-electron chi connectivity index (χ3n) is 3.75. The summed E-state index contributed by atoms with van der Waals surface area (Å²) in [6, 6.07) is 6.14. The van der Waals surface area contributed by atoms with E-state index in [9.17, 15) is 9.90 Å². The van der Waals surface area contributed by atoms with Crippen molar-refractivity contribution in [1.29, 1.82) is 0 Å². The molecule has 1 aromatic carbocycles. The van der Waals surface area contributed by atoms with Crippen LogP contribution >= 0.6 is 11.6 Å². The minimum absolute atomic E-state index is 0.177. The number of benzene rings is 1. The Kier molecular flexibility index (Phi) is 5.48. The third kappa shape index (κ3) is 4.90. The van der Waals surface area contributed by atoms with Crippen LogP contribution in [0.5, 0.6) is 0 Å². The first-order chi connectivity index (χ1) is 9.97. The molecular formula is C16H23ClN2O2. The van der Waals surface area contributed by atoms with Crippen molar-refractivity contribution < 1.29 is 9.90 Å². The molecular weight excluding hydrogens is 288 g/mol. The van der Waals surface area contributed by atoms with E-state index in [-0.39, 0.29) is 6.04 Å². The summed E-state index contributed by atoms with van der Waals surface area (Å²) in [5, 5.41) is 9.94. The van der Waals surface area contributed by atoms with Crippen molar-refractivity contribution >= 4 is 17.7 Å². The summed E-state index contributed by atoms with van der Waals surface area (Å²) < 4.78 is 0. The van der Waals surface area contributed by atoms with E-state index in [2.05, 4.69) is 25.1 Å². The van der Waals surface area contributed by atoms with Crippen LogP contribution < -0.4 is 0 Å². The smallest absolute Gasteiger partial charge is 0.407 e. The molecule has 1 aromatic rings. The molecule has 0 heterocycles. The Labute approximate surface area is 131 Å². The van der Waals surface area contributed by atoms with Gasteiger partial charge in [-0.3, -0.25) is 0 Å². The Bertz CT molecular complexity index is 501. The van der Waals surface area contributed by atoms with E-state index in [1.807, 2.05) is 12.1 Å². The van der Waals surface area contributed by atoms with Crippen LogP contribution in [0.2, 0.25) is 5.02 Å². The lowest BCUT2D eigenvalue weighted by molar-refractivity contribution is 0.139. The minimum atomic E-state index is -0.855. The first-order valence-corrected chi connectivity index (χ1v) is 7.77. The van der Waals surface area contributed by atoms with Gasteiger partial charge in [-0.25, -0.2) is 4.79 Å². The molecule has 1 saturated carbocycles. The Balaban J connectivity index is 2.02. The van der Waals surface area contributed by atoms with Gasteiger partial charge < -0.3 is 14.9 Å². The van der Waals surface area contributed by atoms with Crippen molar-refractivity contribution in [3.63, 3.8) is 0 Å². The van der Waals surface area contributed by atoms with Crippen LogP contribution in [0.1, 0.15) is 30.4 Å². The number of nitrogens with zero attached hydrogens (tertiary/aromatic N) is 2. The fourth-order valence-corrected chi connectivity index (χ4v) is 2.60. The number of carboxylic acid groups (broad SMARTS) is 1. The second-order valence-corrected chi connectivity index (χ2v) is 6.38. The second-order valence-electron chi connectivity index (χ2n) is 5.97. The van der Waals surface area contributed by atoms with E-state index in [1.54, 1.807) is 0 Å². The molecule has 1 amide bonds. The van der Waals surface area contributed by atoms with Crippen LogP contribution in [-0.2, 0) is 13.0 Å². The summed E-state index contributed by atoms with van der Waals surface area (Å²) in [5.74, 6) is 0. The zero-order chi connectivity index (χ0) is 15.4. The lowest BCUT2D eigenvalue weighted by atomic mass is 10.1. The van der Waals surface area contributed by atoms with Gasteiger partial charge in [0, 0.05) is 11.1 Å². The largest absolute Gasteiger partial charge is 0.465 e. The van der Waals surface area contributed by atoms with Gasteiger partial charge in [0.05, 0.1) is 6.54 Å². The summed E-state index contributed by atoms with van der Waals surface area (Å²) in [6.07, 6.45) is 3.14. The van der Waals surface area contributed by atoms with E-state index in [0.717, 1.165) is 37.8 Å². The topological polar surface area (TPSA) is 43.8 Å². The molecule has 5 heteroatoms. The lowest BCUT2D eigenvalue weighted by Gasteiger charge is -2.20. The van der Waals surface area contributed by atoms with Gasteiger partial charge in [-0.2, -0.15) is 0 Å². The number of aryl methyl sites for hydroxylation is 1. The maximum atomic E-state index is 11.3. The maximum absolute atomic E-state index is 11.3. The molecule has 0 radical (unpaired) electrons. The Morgan fingerprint density at radius 1 is 1.38 bits per heavy atom. The molecule has 0 bridgehead atoms. The van der Waals surface area contributed by atoms with Crippen LogP contribution in [0, 0.1) is 0 Å². The van der Waals surface area contributed by atoms with Gasteiger partial charge >= 0.3 is 6.09 Å². The highest BCUT2D eigenvalue weighted by Crippen LogP contribution is 2.30. The molecule has 1 fully saturated rings. The molecule has 21 heavy (non-hydrogen) atoms. The fourth-order valence-electron chi connectivity index (χ4n) is 2.43. The van der Waals surface area contributed by atoms with Gasteiger partial charge in [0.2, 0.25) is 0 Å². The minimum Gasteiger partial charge on any atom is -0.465 e. The monoisotopic (exact) mass is 310 g/mol. The summed E-state index contributed by atoms with van der Waals surface area (Å²) in [5.41, 5.74) is 2.13. The van der Waals surface area contributed by atoms with Crippen LogP contribution in [0.15, 0.2) is 18.2 Å². The molecule has 0 atom stereocenters. The lowest BCUT2D eigenvalue weighted by Crippen LogP contribution is -2.31. The molecule has 1 N–H and O–H groups in total. The SMILES string of the molecule is CN(C)CCCc1ccc(Cl)c(CN(C(=O)O)C2CC2)c1. The molecule has 0 aromatic heterocycles. The number of carbonyl (C=O) groups is 1. The van der Waals surface area contributed by atoms with Gasteiger partial charge in [0.25, 0.3) is 0 Å². The zero-order valence-corrected chi connectivity index (χ0v) is 13.4. The van der Waals surface area contributed by atoms with Gasteiger partial charge in [0.15, 0.2) is 0 Å². The van der Waals surface area contributed by atoms with E-state index in [4.69, 9.17) is 11.6 Å². The van der Waals surface area contributed by atoms with E-state index >= 15 is 0 Å². The van der Waals surface area contributed by atoms with E-state index in [0.29, 0.717) is 11.6 Å². The molecule has 0 unspecified atom stereocenters. The number of hydrogen-bond donors (Lipinski definition) is 1. The number of hydrogen-bond acceptors (Lipinski definition) is 2. The molecule has 0 saturated heterocycles. The first-order valence-electron chi connectivity index (χ1n) is 7.39. The van der Waals surface area contributed by atoms with Gasteiger partial charge in [-0.05, 0) is 63.5 Å². The van der Waals surface area contributed by atoms with E-state index in [1.165, 1.54) is 10.5 Å². The number of halogens is 1. The number of rotatable bonds is 7.